The maximum Gasteiger partial charge on any atom is 0.285 e. The van der Waals surface area contributed by atoms with Gasteiger partial charge in [0.1, 0.15) is 17.7 Å². The van der Waals surface area contributed by atoms with E-state index in [1.54, 1.807) is 0 Å². The Morgan fingerprint density at radius 2 is 2.14 bits per heavy atom. The second kappa shape index (κ2) is 9.16. The molecule has 0 radical (unpaired) electrons. The third-order valence-electron chi connectivity index (χ3n) is 6.23. The van der Waals surface area contributed by atoms with Gasteiger partial charge in [0.25, 0.3) is 5.92 Å². The van der Waals surface area contributed by atoms with E-state index >= 15 is 4.39 Å². The molecule has 196 valence electrons. The highest BCUT2D eigenvalue weighted by Gasteiger charge is 2.46. The van der Waals surface area contributed by atoms with Gasteiger partial charge < -0.3 is 19.5 Å². The number of alkyl halides is 3. The standard InChI is InChI=1S/C23H22F5N7O2/c1-12(36)33-5-3-17(23(27,28)10-33)30-22-31-21(37-2)20-18(15(26)9-35(20)32-22)13-7-14(25)19-16(8-13)34(6-4-24)11-29-19/h7-9,11,17H,3-6,10H2,1-2H3,(H,30,32)/t17-/m1/s1/i1D3. The van der Waals surface area contributed by atoms with Gasteiger partial charge >= 0.3 is 0 Å². The van der Waals surface area contributed by atoms with Gasteiger partial charge in [-0.2, -0.15) is 4.98 Å². The van der Waals surface area contributed by atoms with Crippen LogP contribution in [0.15, 0.2) is 24.7 Å². The number of nitrogens with one attached hydrogen (secondary N) is 1. The van der Waals surface area contributed by atoms with Crippen molar-refractivity contribution in [1.82, 2.24) is 29.0 Å². The average Bonchev–Trinajstić information content (AvgIpc) is 3.44. The Kier molecular flexibility index (Phi) is 5.23. The van der Waals surface area contributed by atoms with E-state index < -0.39 is 49.6 Å². The van der Waals surface area contributed by atoms with E-state index in [9.17, 15) is 22.4 Å². The predicted octanol–water partition coefficient (Wildman–Crippen LogP) is 3.67. The summed E-state index contributed by atoms with van der Waals surface area (Å²) in [5.74, 6) is -7.11. The Hall–Kier alpha value is -3.97. The van der Waals surface area contributed by atoms with Crippen molar-refractivity contribution in [2.75, 3.05) is 32.2 Å². The maximum atomic E-state index is 15.3. The maximum absolute atomic E-state index is 15.3. The number of fused-ring (bicyclic) bond motifs is 2. The monoisotopic (exact) mass is 526 g/mol. The number of likely N-dealkylation sites (tertiary alicyclic amines) is 1. The number of aryl methyl sites for hydroxylation is 1. The minimum atomic E-state index is -3.55. The highest BCUT2D eigenvalue weighted by molar-refractivity contribution is 5.90. The fourth-order valence-corrected chi connectivity index (χ4v) is 4.48. The lowest BCUT2D eigenvalue weighted by Crippen LogP contribution is -2.55. The molecular weight excluding hydrogens is 501 g/mol. The van der Waals surface area contributed by atoms with Crippen LogP contribution in [0, 0.1) is 11.6 Å². The molecule has 1 fully saturated rings. The molecule has 4 heterocycles. The minimum Gasteiger partial charge on any atom is -0.479 e. The van der Waals surface area contributed by atoms with E-state index in [0.29, 0.717) is 4.90 Å². The van der Waals surface area contributed by atoms with Crippen LogP contribution < -0.4 is 10.1 Å². The lowest BCUT2D eigenvalue weighted by atomic mass is 10.0. The summed E-state index contributed by atoms with van der Waals surface area (Å²) in [6.07, 6.45) is 1.89. The fourth-order valence-electron chi connectivity index (χ4n) is 4.48. The first-order valence-electron chi connectivity index (χ1n) is 12.6. The zero-order valence-corrected chi connectivity index (χ0v) is 19.3. The molecule has 14 heteroatoms. The summed E-state index contributed by atoms with van der Waals surface area (Å²) >= 11 is 0. The topological polar surface area (TPSA) is 89.6 Å². The molecule has 1 atom stereocenters. The number of aromatic nitrogens is 5. The summed E-state index contributed by atoms with van der Waals surface area (Å²) in [5.41, 5.74) is 0.106. The molecule has 3 aromatic heterocycles. The molecule has 1 aliphatic rings. The zero-order chi connectivity index (χ0) is 29.0. The number of piperidine rings is 1. The molecule has 0 bridgehead atoms. The van der Waals surface area contributed by atoms with Gasteiger partial charge in [0.2, 0.25) is 17.7 Å². The van der Waals surface area contributed by atoms with Crippen LogP contribution in [0.3, 0.4) is 0 Å². The van der Waals surface area contributed by atoms with Gasteiger partial charge in [0.15, 0.2) is 11.6 Å². The van der Waals surface area contributed by atoms with E-state index in [1.807, 2.05) is 0 Å². The van der Waals surface area contributed by atoms with E-state index in [1.165, 1.54) is 24.1 Å². The molecule has 37 heavy (non-hydrogen) atoms. The van der Waals surface area contributed by atoms with Crippen LogP contribution in [0.25, 0.3) is 27.7 Å². The number of carbonyl (C=O) groups is 1. The second-order valence-electron chi connectivity index (χ2n) is 8.52. The summed E-state index contributed by atoms with van der Waals surface area (Å²) in [7, 11) is 1.22. The summed E-state index contributed by atoms with van der Waals surface area (Å²) < 4.78 is 102. The molecule has 1 aliphatic heterocycles. The molecule has 1 saturated heterocycles. The molecule has 1 aromatic carbocycles. The SMILES string of the molecule is [2H]C([2H])([2H])C(=O)N1CC[C@@H](Nc2nc(OC)c3c(-c4cc(F)c5ncn(CCF)c5c4)c(F)cn3n2)C(F)(F)C1. The van der Waals surface area contributed by atoms with Crippen molar-refractivity contribution in [3.8, 4) is 17.0 Å². The van der Waals surface area contributed by atoms with Crippen LogP contribution in [0.1, 0.15) is 17.4 Å². The third kappa shape index (κ3) is 4.29. The number of imidazole rings is 1. The normalized spacial score (nSPS) is 19.0. The van der Waals surface area contributed by atoms with Crippen LogP contribution >= 0.6 is 0 Å². The van der Waals surface area contributed by atoms with Gasteiger partial charge in [-0.3, -0.25) is 4.79 Å². The number of hydrogen-bond donors (Lipinski definition) is 1. The Balaban J connectivity index is 1.50. The first-order valence-corrected chi connectivity index (χ1v) is 11.1. The molecule has 0 saturated carbocycles. The number of rotatable bonds is 6. The van der Waals surface area contributed by atoms with E-state index in [2.05, 4.69) is 20.4 Å². The molecule has 1 amide bonds. The van der Waals surface area contributed by atoms with Gasteiger partial charge in [-0.1, -0.05) is 0 Å². The quantitative estimate of drug-likeness (QED) is 0.386. The first-order chi connectivity index (χ1) is 18.8. The summed E-state index contributed by atoms with van der Waals surface area (Å²) in [6.45, 7) is -5.25. The number of ether oxygens (including phenoxy) is 1. The zero-order valence-electron chi connectivity index (χ0n) is 22.3. The molecule has 4 aromatic rings. The molecule has 0 spiro atoms. The highest BCUT2D eigenvalue weighted by atomic mass is 19.3. The minimum absolute atomic E-state index is 0.0225. The summed E-state index contributed by atoms with van der Waals surface area (Å²) in [4.78, 5) is 20.6. The Bertz CT molecular complexity index is 1610. The van der Waals surface area contributed by atoms with Crippen molar-refractivity contribution in [3.05, 3.63) is 36.3 Å². The van der Waals surface area contributed by atoms with Crippen LogP contribution in [0.5, 0.6) is 5.88 Å². The summed E-state index contributed by atoms with van der Waals surface area (Å²) in [5, 5.41) is 6.55. The molecule has 9 nitrogen and oxygen atoms in total. The molecule has 0 aliphatic carbocycles. The smallest absolute Gasteiger partial charge is 0.285 e. The number of nitrogens with zero attached hydrogens (tertiary/aromatic N) is 6. The van der Waals surface area contributed by atoms with Crippen molar-refractivity contribution in [1.29, 1.82) is 0 Å². The number of methoxy groups -OCH3 is 1. The number of carbonyl (C=O) groups excluding carboxylic acids is 1. The number of benzene rings is 1. The molecule has 5 rings (SSSR count). The molecule has 0 unspecified atom stereocenters. The van der Waals surface area contributed by atoms with E-state index in [4.69, 9.17) is 8.85 Å². The summed E-state index contributed by atoms with van der Waals surface area (Å²) in [6, 6.07) is 0.899. The van der Waals surface area contributed by atoms with Crippen molar-refractivity contribution in [2.45, 2.75) is 31.8 Å². The average molecular weight is 526 g/mol. The molecular formula is C23H22F5N7O2. The highest BCUT2D eigenvalue weighted by Crippen LogP contribution is 2.37. The number of anilines is 1. The van der Waals surface area contributed by atoms with Gasteiger partial charge in [-0.05, 0) is 24.1 Å². The van der Waals surface area contributed by atoms with Gasteiger partial charge in [0, 0.05) is 17.5 Å². The van der Waals surface area contributed by atoms with E-state index in [-0.39, 0.29) is 59.0 Å². The van der Waals surface area contributed by atoms with Gasteiger partial charge in [-0.25, -0.2) is 31.5 Å². The number of hydrogen-bond acceptors (Lipinski definition) is 6. The fraction of sp³-hybridized carbons (Fsp3) is 0.391. The largest absolute Gasteiger partial charge is 0.479 e. The van der Waals surface area contributed by atoms with Crippen LogP contribution in [-0.4, -0.2) is 73.8 Å². The van der Waals surface area contributed by atoms with Crippen molar-refractivity contribution >= 4 is 28.4 Å². The molecule has 1 N–H and O–H groups in total. The van der Waals surface area contributed by atoms with E-state index in [0.717, 1.165) is 16.8 Å². The van der Waals surface area contributed by atoms with Crippen molar-refractivity contribution in [2.24, 2.45) is 0 Å². The predicted molar refractivity (Wildman–Crippen MR) is 123 cm³/mol. The van der Waals surface area contributed by atoms with Crippen molar-refractivity contribution in [3.63, 3.8) is 0 Å². The Labute approximate surface area is 211 Å². The first kappa shape index (κ1) is 21.1. The Morgan fingerprint density at radius 3 is 2.84 bits per heavy atom. The van der Waals surface area contributed by atoms with Crippen LogP contribution in [-0.2, 0) is 11.3 Å². The van der Waals surface area contributed by atoms with Gasteiger partial charge in [0.05, 0.1) is 49.8 Å². The van der Waals surface area contributed by atoms with Gasteiger partial charge in [-0.15, -0.1) is 5.10 Å². The lowest BCUT2D eigenvalue weighted by molar-refractivity contribution is -0.140. The van der Waals surface area contributed by atoms with Crippen molar-refractivity contribution < 1.29 is 35.6 Å². The number of halogens is 5. The van der Waals surface area contributed by atoms with Crippen LogP contribution in [0.4, 0.5) is 27.9 Å². The third-order valence-corrected chi connectivity index (χ3v) is 6.23. The number of amides is 1. The lowest BCUT2D eigenvalue weighted by Gasteiger charge is -2.38. The Morgan fingerprint density at radius 1 is 1.32 bits per heavy atom. The second-order valence-corrected chi connectivity index (χ2v) is 8.52. The van der Waals surface area contributed by atoms with Crippen LogP contribution in [0.2, 0.25) is 0 Å².